The third kappa shape index (κ3) is 3.37. The van der Waals surface area contributed by atoms with E-state index in [1.807, 2.05) is 20.1 Å². The van der Waals surface area contributed by atoms with Crippen molar-refractivity contribution in [3.8, 4) is 5.75 Å². The summed E-state index contributed by atoms with van der Waals surface area (Å²) < 4.78 is 33.5. The molecule has 3 aliphatic carbocycles. The molecule has 1 aromatic carbocycles. The molecule has 4 rings (SSSR count). The Kier molecular flexibility index (Phi) is 5.26. The van der Waals surface area contributed by atoms with Gasteiger partial charge in [0.05, 0.1) is 0 Å². The quantitative estimate of drug-likeness (QED) is 0.801. The molecule has 28 heavy (non-hydrogen) atoms. The molecule has 0 unspecified atom stereocenters. The van der Waals surface area contributed by atoms with Crippen molar-refractivity contribution < 1.29 is 17.3 Å². The van der Waals surface area contributed by atoms with Crippen molar-refractivity contribution in [3.63, 3.8) is 0 Å². The molecule has 5 atom stereocenters. The molecule has 0 saturated heterocycles. The first-order valence-corrected chi connectivity index (χ1v) is 12.1. The molecule has 0 radical (unpaired) electrons. The summed E-state index contributed by atoms with van der Waals surface area (Å²) in [6.45, 7) is 5.41. The zero-order chi connectivity index (χ0) is 20.1. The molecule has 0 aromatic heterocycles. The van der Waals surface area contributed by atoms with E-state index in [1.165, 1.54) is 43.2 Å². The lowest BCUT2D eigenvalue weighted by Gasteiger charge is -2.51. The van der Waals surface area contributed by atoms with E-state index < -0.39 is 10.3 Å². The lowest BCUT2D eigenvalue weighted by molar-refractivity contribution is 0.000593. The lowest BCUT2D eigenvalue weighted by Crippen LogP contribution is -2.43. The number of ether oxygens (including phenoxy) is 1. The Morgan fingerprint density at radius 1 is 1.21 bits per heavy atom. The highest BCUT2D eigenvalue weighted by Gasteiger charge is 2.54. The minimum Gasteiger partial charge on any atom is -0.384 e. The third-order valence-electron chi connectivity index (χ3n) is 8.06. The minimum absolute atomic E-state index is 0.402. The molecule has 6 heteroatoms. The maximum Gasteiger partial charge on any atom is 0.380 e. The van der Waals surface area contributed by atoms with E-state index in [0.29, 0.717) is 23.0 Å². The maximum atomic E-state index is 11.5. The Morgan fingerprint density at radius 2 is 2.00 bits per heavy atom. The summed E-state index contributed by atoms with van der Waals surface area (Å²) in [6, 6.07) is 4.14. The number of methoxy groups -OCH3 is 1. The van der Waals surface area contributed by atoms with Gasteiger partial charge in [-0.2, -0.15) is 13.6 Å². The Hall–Kier alpha value is -1.11. The summed E-state index contributed by atoms with van der Waals surface area (Å²) in [6.07, 6.45) is 7.96. The standard InChI is InChI=1S/C22H33NO4S/c1-4-14-11-19-15(12-21(14)27-28(23,24)25)5-7-18-17(19)9-10-22(2)16(13-26-3)6-8-20(18)22/h11-12,16-18,20H,4-10,13H2,1-3H3,(H2,23,24,25)/t16-,17+,18-,20+,22-/m1/s1. The van der Waals surface area contributed by atoms with Crippen LogP contribution in [0, 0.1) is 23.2 Å². The number of nitrogens with two attached hydrogens (primary N) is 1. The predicted octanol–water partition coefficient (Wildman–Crippen LogP) is 3.95. The summed E-state index contributed by atoms with van der Waals surface area (Å²) >= 11 is 0. The molecule has 2 saturated carbocycles. The van der Waals surface area contributed by atoms with Crippen LogP contribution in [-0.4, -0.2) is 22.1 Å². The zero-order valence-electron chi connectivity index (χ0n) is 17.2. The normalized spacial score (nSPS) is 34.4. The molecule has 156 valence electrons. The fraction of sp³-hybridized carbons (Fsp3) is 0.727. The van der Waals surface area contributed by atoms with Gasteiger partial charge in [0.15, 0.2) is 0 Å². The van der Waals surface area contributed by atoms with Crippen molar-refractivity contribution in [2.75, 3.05) is 13.7 Å². The minimum atomic E-state index is -4.00. The fourth-order valence-electron chi connectivity index (χ4n) is 6.71. The SMILES string of the molecule is CCc1cc2c(cc1OS(N)(=O)=O)CC[C@@H]1[C@@H]2CC[C@]2(C)[C@@H](COC)CC[C@@H]12. The van der Waals surface area contributed by atoms with E-state index in [2.05, 4.69) is 13.0 Å². The van der Waals surface area contributed by atoms with Crippen LogP contribution in [-0.2, 0) is 27.9 Å². The predicted molar refractivity (Wildman–Crippen MR) is 110 cm³/mol. The van der Waals surface area contributed by atoms with Gasteiger partial charge in [-0.05, 0) is 96.8 Å². The molecule has 5 nitrogen and oxygen atoms in total. The second-order valence-corrected chi connectivity index (χ2v) is 10.4. The number of aryl methyl sites for hydroxylation is 2. The van der Waals surface area contributed by atoms with Gasteiger partial charge < -0.3 is 8.92 Å². The van der Waals surface area contributed by atoms with Crippen molar-refractivity contribution in [2.45, 2.75) is 64.7 Å². The molecule has 0 amide bonds. The van der Waals surface area contributed by atoms with Gasteiger partial charge in [0, 0.05) is 13.7 Å². The average Bonchev–Trinajstić information content (AvgIpc) is 2.96. The molecule has 0 spiro atoms. The summed E-state index contributed by atoms with van der Waals surface area (Å²) in [7, 11) is -2.18. The van der Waals surface area contributed by atoms with Crippen molar-refractivity contribution in [3.05, 3.63) is 28.8 Å². The Morgan fingerprint density at radius 3 is 2.68 bits per heavy atom. The number of rotatable bonds is 5. The first-order valence-electron chi connectivity index (χ1n) is 10.6. The maximum absolute atomic E-state index is 11.5. The van der Waals surface area contributed by atoms with E-state index in [9.17, 15) is 8.42 Å². The molecular weight excluding hydrogens is 374 g/mol. The molecule has 2 N–H and O–H groups in total. The van der Waals surface area contributed by atoms with Gasteiger partial charge in [-0.15, -0.1) is 0 Å². The third-order valence-corrected chi connectivity index (χ3v) is 8.47. The van der Waals surface area contributed by atoms with Crippen LogP contribution in [0.4, 0.5) is 0 Å². The molecule has 0 bridgehead atoms. The molecule has 1 aromatic rings. The van der Waals surface area contributed by atoms with E-state index in [-0.39, 0.29) is 0 Å². The number of hydrogen-bond donors (Lipinski definition) is 1. The van der Waals surface area contributed by atoms with Crippen LogP contribution >= 0.6 is 0 Å². The van der Waals surface area contributed by atoms with Crippen molar-refractivity contribution in [2.24, 2.45) is 28.3 Å². The van der Waals surface area contributed by atoms with Crippen LogP contribution in [0.15, 0.2) is 12.1 Å². The Balaban J connectivity index is 1.66. The van der Waals surface area contributed by atoms with Gasteiger partial charge in [0.25, 0.3) is 0 Å². The molecule has 0 aliphatic heterocycles. The number of hydrogen-bond acceptors (Lipinski definition) is 4. The van der Waals surface area contributed by atoms with Gasteiger partial charge in [-0.25, -0.2) is 0 Å². The summed E-state index contributed by atoms with van der Waals surface area (Å²) in [5, 5.41) is 5.12. The lowest BCUT2D eigenvalue weighted by atomic mass is 9.54. The zero-order valence-corrected chi connectivity index (χ0v) is 18.1. The first kappa shape index (κ1) is 20.2. The summed E-state index contributed by atoms with van der Waals surface area (Å²) in [5.74, 6) is 3.16. The molecule has 2 fully saturated rings. The topological polar surface area (TPSA) is 78.6 Å². The van der Waals surface area contributed by atoms with Crippen LogP contribution in [0.2, 0.25) is 0 Å². The van der Waals surface area contributed by atoms with Gasteiger partial charge in [0.2, 0.25) is 0 Å². The monoisotopic (exact) mass is 407 g/mol. The highest BCUT2D eigenvalue weighted by Crippen LogP contribution is 2.63. The van der Waals surface area contributed by atoms with E-state index in [1.54, 1.807) is 0 Å². The van der Waals surface area contributed by atoms with Gasteiger partial charge in [-0.1, -0.05) is 19.9 Å². The van der Waals surface area contributed by atoms with Crippen molar-refractivity contribution in [1.82, 2.24) is 0 Å². The molecule has 3 aliphatic rings. The largest absolute Gasteiger partial charge is 0.384 e. The second-order valence-electron chi connectivity index (χ2n) is 9.28. The van der Waals surface area contributed by atoms with Crippen LogP contribution in [0.25, 0.3) is 0 Å². The Bertz CT molecular complexity index is 852. The van der Waals surface area contributed by atoms with Crippen LogP contribution in [0.3, 0.4) is 0 Å². The fourth-order valence-corrected chi connectivity index (χ4v) is 7.11. The van der Waals surface area contributed by atoms with E-state index >= 15 is 0 Å². The highest BCUT2D eigenvalue weighted by molar-refractivity contribution is 7.84. The van der Waals surface area contributed by atoms with Gasteiger partial charge in [0.1, 0.15) is 5.75 Å². The Labute approximate surface area is 169 Å². The van der Waals surface area contributed by atoms with Gasteiger partial charge >= 0.3 is 10.3 Å². The van der Waals surface area contributed by atoms with Crippen molar-refractivity contribution >= 4 is 10.3 Å². The summed E-state index contributed by atoms with van der Waals surface area (Å²) in [5.41, 5.74) is 4.00. The van der Waals surface area contributed by atoms with Crippen LogP contribution in [0.1, 0.15) is 68.6 Å². The molecular formula is C22H33NO4S. The number of fused-ring (bicyclic) bond motifs is 5. The van der Waals surface area contributed by atoms with Crippen molar-refractivity contribution in [1.29, 1.82) is 0 Å². The van der Waals surface area contributed by atoms with Crippen LogP contribution in [0.5, 0.6) is 5.75 Å². The smallest absolute Gasteiger partial charge is 0.380 e. The number of benzene rings is 1. The van der Waals surface area contributed by atoms with E-state index in [0.717, 1.165) is 36.8 Å². The second kappa shape index (κ2) is 7.29. The summed E-state index contributed by atoms with van der Waals surface area (Å²) in [4.78, 5) is 0. The first-order chi connectivity index (χ1) is 13.3. The highest BCUT2D eigenvalue weighted by atomic mass is 32.2. The van der Waals surface area contributed by atoms with E-state index in [4.69, 9.17) is 14.1 Å². The van der Waals surface area contributed by atoms with Gasteiger partial charge in [-0.3, -0.25) is 0 Å². The average molecular weight is 408 g/mol. The van der Waals surface area contributed by atoms with Crippen LogP contribution < -0.4 is 9.32 Å². The molecule has 0 heterocycles.